The second-order valence-corrected chi connectivity index (χ2v) is 4.90. The Morgan fingerprint density at radius 2 is 1.76 bits per heavy atom. The molecule has 2 aromatic carbocycles. The molecule has 0 atom stereocenters. The summed E-state index contributed by atoms with van der Waals surface area (Å²) < 4.78 is 5.67. The van der Waals surface area contributed by atoms with Gasteiger partial charge < -0.3 is 4.74 Å². The molecule has 0 fully saturated rings. The Morgan fingerprint density at radius 3 is 2.62 bits per heavy atom. The van der Waals surface area contributed by atoms with Gasteiger partial charge in [0.15, 0.2) is 0 Å². The summed E-state index contributed by atoms with van der Waals surface area (Å²) in [5, 5.41) is 0.551. The van der Waals surface area contributed by atoms with Crippen molar-refractivity contribution in [3.8, 4) is 5.75 Å². The van der Waals surface area contributed by atoms with E-state index in [0.29, 0.717) is 11.3 Å². The lowest BCUT2D eigenvalue weighted by molar-refractivity contribution is 0.107. The van der Waals surface area contributed by atoms with Crippen molar-refractivity contribution in [2.45, 2.75) is 6.61 Å². The fraction of sp³-hybridized carbons (Fsp3) is 0.0588. The van der Waals surface area contributed by atoms with E-state index in [0.717, 1.165) is 16.6 Å². The van der Waals surface area contributed by atoms with Crippen molar-refractivity contribution in [1.29, 1.82) is 0 Å². The van der Waals surface area contributed by atoms with Crippen molar-refractivity contribution >= 4 is 27.7 Å². The molecule has 21 heavy (non-hydrogen) atoms. The first-order chi connectivity index (χ1) is 10.2. The topological polar surface area (TPSA) is 39.2 Å². The van der Waals surface area contributed by atoms with Crippen LogP contribution in [0.15, 0.2) is 60.7 Å². The van der Waals surface area contributed by atoms with Gasteiger partial charge in [-0.1, -0.05) is 36.4 Å². The molecule has 0 spiro atoms. The van der Waals surface area contributed by atoms with Gasteiger partial charge in [-0.15, -0.1) is 0 Å². The van der Waals surface area contributed by atoms with Gasteiger partial charge in [0.1, 0.15) is 12.4 Å². The molecule has 0 aliphatic carbocycles. The van der Waals surface area contributed by atoms with Gasteiger partial charge in [-0.25, -0.2) is 4.98 Å². The van der Waals surface area contributed by atoms with Crippen LogP contribution in [0.4, 0.5) is 0 Å². The molecule has 0 bridgehead atoms. The minimum Gasteiger partial charge on any atom is -0.486 e. The van der Waals surface area contributed by atoms with Crippen molar-refractivity contribution in [2.24, 2.45) is 0 Å². The van der Waals surface area contributed by atoms with E-state index in [1.807, 2.05) is 36.4 Å². The Balaban J connectivity index is 1.82. The molecular weight excluding hydrogens is 286 g/mol. The molecule has 0 amide bonds. The average molecular weight is 298 g/mol. The van der Waals surface area contributed by atoms with E-state index in [4.69, 9.17) is 16.3 Å². The van der Waals surface area contributed by atoms with E-state index >= 15 is 0 Å². The molecular formula is C17H12ClNO2. The first-order valence-electron chi connectivity index (χ1n) is 6.50. The first-order valence-corrected chi connectivity index (χ1v) is 6.88. The van der Waals surface area contributed by atoms with Crippen LogP contribution in [0.2, 0.25) is 0 Å². The zero-order valence-electron chi connectivity index (χ0n) is 11.1. The van der Waals surface area contributed by atoms with Crippen LogP contribution in [0.1, 0.15) is 16.1 Å². The smallest absolute Gasteiger partial charge is 0.256 e. The standard InChI is InChI=1S/C17H12ClNO2/c18-17(20)14-6-2-4-8-16(14)21-11-13-10-9-12-5-1-3-7-15(12)19-13/h1-10H,11H2. The molecule has 0 aliphatic heterocycles. The third kappa shape index (κ3) is 3.03. The maximum Gasteiger partial charge on any atom is 0.256 e. The summed E-state index contributed by atoms with van der Waals surface area (Å²) in [5.74, 6) is 0.465. The quantitative estimate of drug-likeness (QED) is 0.678. The number of halogens is 1. The van der Waals surface area contributed by atoms with Crippen LogP contribution in [0.3, 0.4) is 0 Å². The Hall–Kier alpha value is -2.39. The largest absolute Gasteiger partial charge is 0.486 e. The van der Waals surface area contributed by atoms with E-state index in [1.165, 1.54) is 0 Å². The number of aromatic nitrogens is 1. The number of nitrogens with zero attached hydrogens (tertiary/aromatic N) is 1. The number of ether oxygens (including phenoxy) is 1. The van der Waals surface area contributed by atoms with Gasteiger partial charge in [-0.3, -0.25) is 4.79 Å². The van der Waals surface area contributed by atoms with Gasteiger partial charge >= 0.3 is 0 Å². The van der Waals surface area contributed by atoms with Crippen LogP contribution in [0.5, 0.6) is 5.75 Å². The average Bonchev–Trinajstić information content (AvgIpc) is 2.53. The van der Waals surface area contributed by atoms with Gasteiger partial charge in [0.25, 0.3) is 5.24 Å². The highest BCUT2D eigenvalue weighted by Crippen LogP contribution is 2.21. The monoisotopic (exact) mass is 297 g/mol. The number of hydrogen-bond donors (Lipinski definition) is 0. The van der Waals surface area contributed by atoms with E-state index < -0.39 is 5.24 Å². The van der Waals surface area contributed by atoms with Crippen molar-refractivity contribution in [2.75, 3.05) is 0 Å². The molecule has 3 aromatic rings. The van der Waals surface area contributed by atoms with Crippen LogP contribution in [-0.2, 0) is 6.61 Å². The molecule has 0 saturated heterocycles. The highest BCUT2D eigenvalue weighted by atomic mass is 35.5. The van der Waals surface area contributed by atoms with Gasteiger partial charge in [0.2, 0.25) is 0 Å². The zero-order valence-corrected chi connectivity index (χ0v) is 11.9. The summed E-state index contributed by atoms with van der Waals surface area (Å²) in [4.78, 5) is 15.8. The fourth-order valence-electron chi connectivity index (χ4n) is 2.10. The minimum absolute atomic E-state index is 0.284. The molecule has 3 rings (SSSR count). The second kappa shape index (κ2) is 5.94. The van der Waals surface area contributed by atoms with E-state index in [9.17, 15) is 4.79 Å². The van der Waals surface area contributed by atoms with Crippen LogP contribution in [-0.4, -0.2) is 10.2 Å². The number of carbonyl (C=O) groups excluding carboxylic acids is 1. The van der Waals surface area contributed by atoms with Gasteiger partial charge in [-0.2, -0.15) is 0 Å². The molecule has 4 heteroatoms. The molecule has 0 N–H and O–H groups in total. The van der Waals surface area contributed by atoms with Crippen molar-refractivity contribution in [3.63, 3.8) is 0 Å². The maximum atomic E-state index is 11.3. The van der Waals surface area contributed by atoms with Gasteiger partial charge in [-0.05, 0) is 35.9 Å². The molecule has 0 saturated carbocycles. The van der Waals surface area contributed by atoms with Crippen molar-refractivity contribution in [1.82, 2.24) is 4.98 Å². The number of fused-ring (bicyclic) bond motifs is 1. The van der Waals surface area contributed by atoms with E-state index in [-0.39, 0.29) is 6.61 Å². The Bertz CT molecular complexity index is 801. The number of hydrogen-bond acceptors (Lipinski definition) is 3. The second-order valence-electron chi connectivity index (χ2n) is 4.55. The number of benzene rings is 2. The summed E-state index contributed by atoms with van der Waals surface area (Å²) in [5.41, 5.74) is 2.07. The lowest BCUT2D eigenvalue weighted by atomic mass is 10.2. The number of rotatable bonds is 4. The predicted octanol–water partition coefficient (Wildman–Crippen LogP) is 4.19. The molecule has 0 radical (unpaired) electrons. The number of pyridine rings is 1. The Labute approximate surface area is 127 Å². The number of para-hydroxylation sites is 2. The van der Waals surface area contributed by atoms with Crippen LogP contribution in [0.25, 0.3) is 10.9 Å². The zero-order chi connectivity index (χ0) is 14.7. The molecule has 0 aliphatic rings. The molecule has 3 nitrogen and oxygen atoms in total. The summed E-state index contributed by atoms with van der Waals surface area (Å²) in [6, 6.07) is 18.7. The lowest BCUT2D eigenvalue weighted by Gasteiger charge is -2.09. The Morgan fingerprint density at radius 1 is 1.00 bits per heavy atom. The number of carbonyl (C=O) groups is 1. The molecule has 104 valence electrons. The molecule has 1 aromatic heterocycles. The maximum absolute atomic E-state index is 11.3. The van der Waals surface area contributed by atoms with Crippen LogP contribution < -0.4 is 4.74 Å². The summed E-state index contributed by atoms with van der Waals surface area (Å²) in [6.07, 6.45) is 0. The van der Waals surface area contributed by atoms with Crippen molar-refractivity contribution < 1.29 is 9.53 Å². The molecule has 1 heterocycles. The van der Waals surface area contributed by atoms with Crippen LogP contribution >= 0.6 is 11.6 Å². The van der Waals surface area contributed by atoms with E-state index in [2.05, 4.69) is 4.98 Å². The third-order valence-corrected chi connectivity index (χ3v) is 3.33. The fourth-order valence-corrected chi connectivity index (χ4v) is 2.25. The summed E-state index contributed by atoms with van der Waals surface area (Å²) in [6.45, 7) is 0.284. The van der Waals surface area contributed by atoms with Gasteiger partial charge in [0.05, 0.1) is 16.8 Å². The Kier molecular flexibility index (Phi) is 3.84. The predicted molar refractivity (Wildman–Crippen MR) is 82.7 cm³/mol. The summed E-state index contributed by atoms with van der Waals surface area (Å²) >= 11 is 5.53. The SMILES string of the molecule is O=C(Cl)c1ccccc1OCc1ccc2ccccc2n1. The minimum atomic E-state index is -0.530. The van der Waals surface area contributed by atoms with Gasteiger partial charge in [0, 0.05) is 5.39 Å². The normalized spacial score (nSPS) is 10.5. The van der Waals surface area contributed by atoms with Crippen LogP contribution in [0, 0.1) is 0 Å². The lowest BCUT2D eigenvalue weighted by Crippen LogP contribution is -2.02. The van der Waals surface area contributed by atoms with E-state index in [1.54, 1.807) is 24.3 Å². The highest BCUT2D eigenvalue weighted by molar-refractivity contribution is 6.68. The molecule has 0 unspecified atom stereocenters. The third-order valence-electron chi connectivity index (χ3n) is 3.13. The first kappa shape index (κ1) is 13.6. The van der Waals surface area contributed by atoms with Crippen molar-refractivity contribution in [3.05, 3.63) is 71.9 Å². The highest BCUT2D eigenvalue weighted by Gasteiger charge is 2.09. The summed E-state index contributed by atoms with van der Waals surface area (Å²) in [7, 11) is 0.